The minimum Gasteiger partial charge on any atom is -0.369 e. The van der Waals surface area contributed by atoms with Crippen LogP contribution in [0.4, 0.5) is 5.69 Å². The number of benzene rings is 3. The molecule has 3 aromatic carbocycles. The molecule has 0 unspecified atom stereocenters. The maximum atomic E-state index is 11.3. The average Bonchev–Trinajstić information content (AvgIpc) is 2.81. The monoisotopic (exact) mass is 413 g/mol. The van der Waals surface area contributed by atoms with Crippen molar-refractivity contribution in [2.45, 2.75) is 26.3 Å². The van der Waals surface area contributed by atoms with Crippen molar-refractivity contribution in [3.8, 4) is 11.1 Å². The summed E-state index contributed by atoms with van der Waals surface area (Å²) in [7, 11) is 0. The molecule has 0 spiro atoms. The number of nitrogens with zero attached hydrogens (tertiary/aromatic N) is 2. The highest BCUT2D eigenvalue weighted by atomic mass is 16.1. The number of amides is 1. The van der Waals surface area contributed by atoms with E-state index < -0.39 is 0 Å². The number of hydrogen-bond acceptors (Lipinski definition) is 3. The first-order valence-electron chi connectivity index (χ1n) is 11.2. The minimum absolute atomic E-state index is 0.380. The molecule has 1 heterocycles. The lowest BCUT2D eigenvalue weighted by molar-refractivity contribution is 0.100. The smallest absolute Gasteiger partial charge is 0.248 e. The van der Waals surface area contributed by atoms with Crippen LogP contribution in [-0.4, -0.2) is 37.0 Å². The van der Waals surface area contributed by atoms with Crippen molar-refractivity contribution in [2.75, 3.05) is 31.1 Å². The SMILES string of the molecule is CCCc1ccc(-c2ccccc2CN2CCN(c3ccc(C(N)=O)cc3)CC2)cc1. The fraction of sp³-hybridized carbons (Fsp3) is 0.296. The van der Waals surface area contributed by atoms with E-state index in [1.54, 1.807) is 0 Å². The molecule has 0 bridgehead atoms. The number of hydrogen-bond donors (Lipinski definition) is 1. The van der Waals surface area contributed by atoms with Gasteiger partial charge in [0.1, 0.15) is 0 Å². The Kier molecular flexibility index (Phi) is 6.68. The van der Waals surface area contributed by atoms with E-state index >= 15 is 0 Å². The molecule has 1 aliphatic heterocycles. The van der Waals surface area contributed by atoms with E-state index in [0.717, 1.165) is 44.8 Å². The summed E-state index contributed by atoms with van der Waals surface area (Å²) in [5, 5.41) is 0. The summed E-state index contributed by atoms with van der Waals surface area (Å²) in [6.45, 7) is 7.16. The van der Waals surface area contributed by atoms with Crippen LogP contribution in [0.3, 0.4) is 0 Å². The van der Waals surface area contributed by atoms with Gasteiger partial charge < -0.3 is 10.6 Å². The Balaban J connectivity index is 1.40. The van der Waals surface area contributed by atoms with Crippen LogP contribution in [0.15, 0.2) is 72.8 Å². The van der Waals surface area contributed by atoms with Gasteiger partial charge in [-0.15, -0.1) is 0 Å². The molecule has 1 aliphatic rings. The first-order valence-corrected chi connectivity index (χ1v) is 11.2. The van der Waals surface area contributed by atoms with Crippen LogP contribution in [0.25, 0.3) is 11.1 Å². The van der Waals surface area contributed by atoms with E-state index in [2.05, 4.69) is 65.3 Å². The highest BCUT2D eigenvalue weighted by Gasteiger charge is 2.18. The van der Waals surface area contributed by atoms with Crippen LogP contribution in [0.5, 0.6) is 0 Å². The van der Waals surface area contributed by atoms with Crippen molar-refractivity contribution in [1.29, 1.82) is 0 Å². The largest absolute Gasteiger partial charge is 0.369 e. The van der Waals surface area contributed by atoms with Gasteiger partial charge in [-0.05, 0) is 52.9 Å². The zero-order chi connectivity index (χ0) is 21.6. The Morgan fingerprint density at radius 3 is 2.19 bits per heavy atom. The maximum absolute atomic E-state index is 11.3. The molecule has 0 saturated carbocycles. The number of primary amides is 1. The molecule has 1 fully saturated rings. The van der Waals surface area contributed by atoms with Gasteiger partial charge in [0.15, 0.2) is 0 Å². The van der Waals surface area contributed by atoms with Gasteiger partial charge in [0, 0.05) is 44.0 Å². The number of nitrogens with two attached hydrogens (primary N) is 1. The Labute approximate surface area is 185 Å². The molecule has 0 aliphatic carbocycles. The molecule has 4 heteroatoms. The summed E-state index contributed by atoms with van der Waals surface area (Å²) in [5.74, 6) is -0.380. The van der Waals surface area contributed by atoms with E-state index in [1.807, 2.05) is 24.3 Å². The third kappa shape index (κ3) is 5.15. The summed E-state index contributed by atoms with van der Waals surface area (Å²) in [4.78, 5) is 16.2. The first kappa shape index (κ1) is 21.1. The van der Waals surface area contributed by atoms with Crippen molar-refractivity contribution >= 4 is 11.6 Å². The van der Waals surface area contributed by atoms with E-state index in [1.165, 1.54) is 28.7 Å². The molecule has 0 atom stereocenters. The Morgan fingerprint density at radius 1 is 0.871 bits per heavy atom. The van der Waals surface area contributed by atoms with Gasteiger partial charge >= 0.3 is 0 Å². The van der Waals surface area contributed by atoms with Crippen molar-refractivity contribution in [2.24, 2.45) is 5.73 Å². The molecular weight excluding hydrogens is 382 g/mol. The lowest BCUT2D eigenvalue weighted by Crippen LogP contribution is -2.46. The number of carbonyl (C=O) groups is 1. The maximum Gasteiger partial charge on any atom is 0.248 e. The zero-order valence-electron chi connectivity index (χ0n) is 18.3. The molecule has 3 aromatic rings. The Hall–Kier alpha value is -3.11. The quantitative estimate of drug-likeness (QED) is 0.609. The highest BCUT2D eigenvalue weighted by Crippen LogP contribution is 2.26. The standard InChI is InChI=1S/C27H31N3O/c1-2-5-21-8-10-22(11-9-21)26-7-4-3-6-24(26)20-29-16-18-30(19-17-29)25-14-12-23(13-15-25)27(28)31/h3-4,6-15H,2,5,16-20H2,1H3,(H2,28,31). The predicted molar refractivity (Wildman–Crippen MR) is 128 cm³/mol. The normalized spacial score (nSPS) is 14.5. The zero-order valence-corrected chi connectivity index (χ0v) is 18.3. The van der Waals surface area contributed by atoms with E-state index in [9.17, 15) is 4.79 Å². The second kappa shape index (κ2) is 9.80. The van der Waals surface area contributed by atoms with Gasteiger partial charge in [0.25, 0.3) is 0 Å². The highest BCUT2D eigenvalue weighted by molar-refractivity contribution is 5.93. The molecule has 1 saturated heterocycles. The van der Waals surface area contributed by atoms with Crippen molar-refractivity contribution < 1.29 is 4.79 Å². The van der Waals surface area contributed by atoms with Crippen LogP contribution in [0, 0.1) is 0 Å². The van der Waals surface area contributed by atoms with Crippen LogP contribution in [0.1, 0.15) is 34.8 Å². The lowest BCUT2D eigenvalue weighted by Gasteiger charge is -2.36. The number of rotatable bonds is 7. The van der Waals surface area contributed by atoms with Gasteiger partial charge in [0.05, 0.1) is 0 Å². The summed E-state index contributed by atoms with van der Waals surface area (Å²) < 4.78 is 0. The van der Waals surface area contributed by atoms with E-state index in [4.69, 9.17) is 5.73 Å². The molecule has 160 valence electrons. The van der Waals surface area contributed by atoms with E-state index in [-0.39, 0.29) is 5.91 Å². The third-order valence-corrected chi connectivity index (χ3v) is 6.10. The van der Waals surface area contributed by atoms with Gasteiger partial charge in [-0.2, -0.15) is 0 Å². The average molecular weight is 414 g/mol. The molecule has 31 heavy (non-hydrogen) atoms. The summed E-state index contributed by atoms with van der Waals surface area (Å²) in [6, 6.07) is 25.4. The fourth-order valence-electron chi connectivity index (χ4n) is 4.32. The van der Waals surface area contributed by atoms with Gasteiger partial charge in [-0.25, -0.2) is 0 Å². The van der Waals surface area contributed by atoms with E-state index in [0.29, 0.717) is 5.56 Å². The van der Waals surface area contributed by atoms with Gasteiger partial charge in [-0.3, -0.25) is 9.69 Å². The molecular formula is C27H31N3O. The summed E-state index contributed by atoms with van der Waals surface area (Å²) >= 11 is 0. The Bertz CT molecular complexity index is 1000. The summed E-state index contributed by atoms with van der Waals surface area (Å²) in [6.07, 6.45) is 2.31. The summed E-state index contributed by atoms with van der Waals surface area (Å²) in [5.41, 5.74) is 12.5. The van der Waals surface area contributed by atoms with Gasteiger partial charge in [0.2, 0.25) is 5.91 Å². The molecule has 2 N–H and O–H groups in total. The van der Waals surface area contributed by atoms with Crippen molar-refractivity contribution in [3.05, 3.63) is 89.5 Å². The third-order valence-electron chi connectivity index (χ3n) is 6.10. The van der Waals surface area contributed by atoms with Crippen molar-refractivity contribution in [3.63, 3.8) is 0 Å². The minimum atomic E-state index is -0.380. The second-order valence-electron chi connectivity index (χ2n) is 8.28. The topological polar surface area (TPSA) is 49.6 Å². The molecule has 4 rings (SSSR count). The lowest BCUT2D eigenvalue weighted by atomic mass is 9.97. The van der Waals surface area contributed by atoms with Crippen LogP contribution < -0.4 is 10.6 Å². The number of carbonyl (C=O) groups excluding carboxylic acids is 1. The first-order chi connectivity index (χ1) is 15.1. The predicted octanol–water partition coefficient (Wildman–Crippen LogP) is 4.73. The molecule has 0 aromatic heterocycles. The second-order valence-corrected chi connectivity index (χ2v) is 8.28. The van der Waals surface area contributed by atoms with Gasteiger partial charge in [-0.1, -0.05) is 61.9 Å². The molecule has 0 radical (unpaired) electrons. The van der Waals surface area contributed by atoms with Crippen LogP contribution >= 0.6 is 0 Å². The number of aryl methyl sites for hydroxylation is 1. The number of piperazine rings is 1. The molecule has 4 nitrogen and oxygen atoms in total. The van der Waals surface area contributed by atoms with Crippen molar-refractivity contribution in [1.82, 2.24) is 4.90 Å². The van der Waals surface area contributed by atoms with Crippen LogP contribution in [-0.2, 0) is 13.0 Å². The number of anilines is 1. The molecule has 1 amide bonds. The Morgan fingerprint density at radius 2 is 1.55 bits per heavy atom. The fourth-order valence-corrected chi connectivity index (χ4v) is 4.32. The van der Waals surface area contributed by atoms with Crippen LogP contribution in [0.2, 0.25) is 0 Å².